The molecule has 4 heteroatoms. The number of carbonyl (C=O) groups is 1. The van der Waals surface area contributed by atoms with Crippen molar-refractivity contribution in [2.75, 3.05) is 0 Å². The van der Waals surface area contributed by atoms with Crippen molar-refractivity contribution in [3.8, 4) is 11.3 Å². The summed E-state index contributed by atoms with van der Waals surface area (Å²) < 4.78 is 5.07. The normalized spacial score (nSPS) is 10.4. The number of nitrogens with zero attached hydrogens (tertiary/aromatic N) is 2. The lowest BCUT2D eigenvalue weighted by Crippen LogP contribution is -1.94. The molecule has 0 saturated heterocycles. The molecule has 2 aromatic rings. The van der Waals surface area contributed by atoms with Gasteiger partial charge in [-0.05, 0) is 32.9 Å². The van der Waals surface area contributed by atoms with E-state index in [0.29, 0.717) is 5.56 Å². The molecule has 0 fully saturated rings. The second-order valence-electron chi connectivity index (χ2n) is 3.69. The standard InChI is InChI=1S/C12H12N2O2/c1-7-12(9(3)16-14-7)11-5-4-10(6-13-11)8(2)15/h4-6H,1-3H3. The van der Waals surface area contributed by atoms with Gasteiger partial charge in [0.2, 0.25) is 0 Å². The van der Waals surface area contributed by atoms with E-state index in [9.17, 15) is 4.79 Å². The number of pyridine rings is 1. The molecule has 0 aliphatic rings. The maximum atomic E-state index is 11.1. The van der Waals surface area contributed by atoms with Gasteiger partial charge in [0.1, 0.15) is 5.76 Å². The van der Waals surface area contributed by atoms with Crippen molar-refractivity contribution < 1.29 is 9.32 Å². The summed E-state index contributed by atoms with van der Waals surface area (Å²) in [5.74, 6) is 0.749. The van der Waals surface area contributed by atoms with Crippen LogP contribution in [0, 0.1) is 13.8 Å². The van der Waals surface area contributed by atoms with Crippen LogP contribution in [0.1, 0.15) is 28.7 Å². The highest BCUT2D eigenvalue weighted by atomic mass is 16.5. The number of carbonyl (C=O) groups excluding carboxylic acids is 1. The number of hydrogen-bond acceptors (Lipinski definition) is 4. The fourth-order valence-electron chi connectivity index (χ4n) is 1.60. The van der Waals surface area contributed by atoms with E-state index in [-0.39, 0.29) is 5.78 Å². The van der Waals surface area contributed by atoms with Gasteiger partial charge in [-0.1, -0.05) is 5.16 Å². The van der Waals surface area contributed by atoms with Gasteiger partial charge in [-0.25, -0.2) is 0 Å². The number of aryl methyl sites for hydroxylation is 2. The van der Waals surface area contributed by atoms with Gasteiger partial charge in [0.05, 0.1) is 17.0 Å². The minimum absolute atomic E-state index is 0.0119. The molecule has 0 bridgehead atoms. The van der Waals surface area contributed by atoms with Gasteiger partial charge < -0.3 is 4.52 Å². The first-order chi connectivity index (χ1) is 7.59. The quantitative estimate of drug-likeness (QED) is 0.724. The molecule has 0 aliphatic heterocycles. The summed E-state index contributed by atoms with van der Waals surface area (Å²) in [4.78, 5) is 15.3. The van der Waals surface area contributed by atoms with E-state index < -0.39 is 0 Å². The summed E-state index contributed by atoms with van der Waals surface area (Å²) in [5, 5.41) is 3.87. The highest BCUT2D eigenvalue weighted by Crippen LogP contribution is 2.24. The lowest BCUT2D eigenvalue weighted by Gasteiger charge is -2.00. The molecule has 2 heterocycles. The predicted octanol–water partition coefficient (Wildman–Crippen LogP) is 2.56. The predicted molar refractivity (Wildman–Crippen MR) is 59.2 cm³/mol. The van der Waals surface area contributed by atoms with E-state index in [1.807, 2.05) is 19.9 Å². The molecular weight excluding hydrogens is 204 g/mol. The Hall–Kier alpha value is -1.97. The van der Waals surface area contributed by atoms with Crippen molar-refractivity contribution in [3.05, 3.63) is 35.3 Å². The SMILES string of the molecule is CC(=O)c1ccc(-c2c(C)noc2C)nc1. The molecule has 0 aliphatic carbocycles. The van der Waals surface area contributed by atoms with E-state index in [1.165, 1.54) is 6.92 Å². The van der Waals surface area contributed by atoms with Gasteiger partial charge in [-0.3, -0.25) is 9.78 Å². The largest absolute Gasteiger partial charge is 0.361 e. The van der Waals surface area contributed by atoms with Gasteiger partial charge in [0, 0.05) is 11.8 Å². The van der Waals surface area contributed by atoms with Crippen LogP contribution in [-0.2, 0) is 0 Å². The number of aromatic nitrogens is 2. The highest BCUT2D eigenvalue weighted by Gasteiger charge is 2.12. The average molecular weight is 216 g/mol. The van der Waals surface area contributed by atoms with E-state index >= 15 is 0 Å². The molecule has 0 unspecified atom stereocenters. The smallest absolute Gasteiger partial charge is 0.161 e. The van der Waals surface area contributed by atoms with E-state index in [1.54, 1.807) is 12.3 Å². The molecule has 2 rings (SSSR count). The molecule has 0 saturated carbocycles. The fraction of sp³-hybridized carbons (Fsp3) is 0.250. The topological polar surface area (TPSA) is 56.0 Å². The number of rotatable bonds is 2. The summed E-state index contributed by atoms with van der Waals surface area (Å²) in [6, 6.07) is 3.57. The van der Waals surface area contributed by atoms with Crippen LogP contribution in [0.4, 0.5) is 0 Å². The van der Waals surface area contributed by atoms with Crippen molar-refractivity contribution in [2.24, 2.45) is 0 Å². The van der Waals surface area contributed by atoms with Gasteiger partial charge in [0.25, 0.3) is 0 Å². The Balaban J connectivity index is 2.46. The highest BCUT2D eigenvalue weighted by molar-refractivity contribution is 5.94. The van der Waals surface area contributed by atoms with Crippen LogP contribution in [0.15, 0.2) is 22.9 Å². The monoisotopic (exact) mass is 216 g/mol. The minimum atomic E-state index is 0.0119. The molecule has 0 spiro atoms. The van der Waals surface area contributed by atoms with Crippen molar-refractivity contribution in [1.29, 1.82) is 0 Å². The second-order valence-corrected chi connectivity index (χ2v) is 3.69. The first kappa shape index (κ1) is 10.5. The third-order valence-electron chi connectivity index (χ3n) is 2.46. The van der Waals surface area contributed by atoms with E-state index in [0.717, 1.165) is 22.7 Å². The Labute approximate surface area is 93.3 Å². The van der Waals surface area contributed by atoms with Crippen molar-refractivity contribution in [1.82, 2.24) is 10.1 Å². The minimum Gasteiger partial charge on any atom is -0.361 e. The van der Waals surface area contributed by atoms with Crippen molar-refractivity contribution >= 4 is 5.78 Å². The molecule has 4 nitrogen and oxygen atoms in total. The molecular formula is C12H12N2O2. The summed E-state index contributed by atoms with van der Waals surface area (Å²) in [7, 11) is 0. The van der Waals surface area contributed by atoms with Crippen LogP contribution in [0.5, 0.6) is 0 Å². The zero-order valence-corrected chi connectivity index (χ0v) is 9.44. The maximum Gasteiger partial charge on any atom is 0.161 e. The Morgan fingerprint density at radius 1 is 1.31 bits per heavy atom. The first-order valence-electron chi connectivity index (χ1n) is 5.00. The van der Waals surface area contributed by atoms with E-state index in [2.05, 4.69) is 10.1 Å². The Morgan fingerprint density at radius 3 is 2.50 bits per heavy atom. The van der Waals surface area contributed by atoms with Crippen LogP contribution >= 0.6 is 0 Å². The van der Waals surface area contributed by atoms with Gasteiger partial charge in [-0.2, -0.15) is 0 Å². The van der Waals surface area contributed by atoms with Crippen LogP contribution < -0.4 is 0 Å². The molecule has 0 aromatic carbocycles. The first-order valence-corrected chi connectivity index (χ1v) is 5.00. The summed E-state index contributed by atoms with van der Waals surface area (Å²) in [5.41, 5.74) is 3.09. The Kier molecular flexibility index (Phi) is 2.56. The van der Waals surface area contributed by atoms with Crippen molar-refractivity contribution in [2.45, 2.75) is 20.8 Å². The van der Waals surface area contributed by atoms with Crippen LogP contribution in [0.2, 0.25) is 0 Å². The number of Topliss-reactive ketones (excluding diaryl/α,β-unsaturated/α-hetero) is 1. The van der Waals surface area contributed by atoms with Gasteiger partial charge in [0.15, 0.2) is 5.78 Å². The zero-order chi connectivity index (χ0) is 11.7. The summed E-state index contributed by atoms with van der Waals surface area (Å²) >= 11 is 0. The van der Waals surface area contributed by atoms with Gasteiger partial charge >= 0.3 is 0 Å². The third-order valence-corrected chi connectivity index (χ3v) is 2.46. The Bertz CT molecular complexity index is 507. The fourth-order valence-corrected chi connectivity index (χ4v) is 1.60. The second kappa shape index (κ2) is 3.89. The zero-order valence-electron chi connectivity index (χ0n) is 9.44. The van der Waals surface area contributed by atoms with Crippen LogP contribution in [-0.4, -0.2) is 15.9 Å². The van der Waals surface area contributed by atoms with E-state index in [4.69, 9.17) is 4.52 Å². The number of ketones is 1. The summed E-state index contributed by atoms with van der Waals surface area (Å²) in [6.07, 6.45) is 1.57. The lowest BCUT2D eigenvalue weighted by atomic mass is 10.1. The molecule has 82 valence electrons. The molecule has 0 N–H and O–H groups in total. The van der Waals surface area contributed by atoms with Crippen molar-refractivity contribution in [3.63, 3.8) is 0 Å². The Morgan fingerprint density at radius 2 is 2.06 bits per heavy atom. The average Bonchev–Trinajstić information content (AvgIpc) is 2.59. The molecule has 2 aromatic heterocycles. The third kappa shape index (κ3) is 1.74. The van der Waals surface area contributed by atoms with Gasteiger partial charge in [-0.15, -0.1) is 0 Å². The number of hydrogen-bond donors (Lipinski definition) is 0. The molecule has 16 heavy (non-hydrogen) atoms. The summed E-state index contributed by atoms with van der Waals surface area (Å²) in [6.45, 7) is 5.23. The molecule has 0 atom stereocenters. The molecule has 0 amide bonds. The maximum absolute atomic E-state index is 11.1. The van der Waals surface area contributed by atoms with Crippen LogP contribution in [0.25, 0.3) is 11.3 Å². The molecule has 0 radical (unpaired) electrons. The lowest BCUT2D eigenvalue weighted by molar-refractivity contribution is 0.101. The van der Waals surface area contributed by atoms with Crippen LogP contribution in [0.3, 0.4) is 0 Å².